The highest BCUT2D eigenvalue weighted by Gasteiger charge is 2.13. The topological polar surface area (TPSA) is 110 Å². The van der Waals surface area contributed by atoms with Crippen molar-refractivity contribution in [2.45, 2.75) is 13.5 Å². The van der Waals surface area contributed by atoms with Crippen molar-refractivity contribution in [3.63, 3.8) is 0 Å². The van der Waals surface area contributed by atoms with Gasteiger partial charge in [-0.1, -0.05) is 52.8 Å². The Bertz CT molecular complexity index is 1180. The number of aromatic nitrogens is 1. The summed E-state index contributed by atoms with van der Waals surface area (Å²) in [6.45, 7) is 1.84. The first-order chi connectivity index (χ1) is 14.8. The van der Waals surface area contributed by atoms with Gasteiger partial charge in [-0.05, 0) is 36.8 Å². The zero-order valence-electron chi connectivity index (χ0n) is 16.4. The Balaban J connectivity index is 1.61. The number of aryl methyl sites for hydroxylation is 1. The van der Waals surface area contributed by atoms with Gasteiger partial charge in [-0.15, -0.1) is 0 Å². The molecule has 1 amide bonds. The lowest BCUT2D eigenvalue weighted by atomic mass is 10.1. The lowest BCUT2D eigenvalue weighted by Gasteiger charge is -2.05. The van der Waals surface area contributed by atoms with Crippen molar-refractivity contribution in [1.82, 2.24) is 9.99 Å². The van der Waals surface area contributed by atoms with Crippen molar-refractivity contribution in [3.8, 4) is 5.75 Å². The van der Waals surface area contributed by atoms with Gasteiger partial charge in [0.2, 0.25) is 0 Å². The fraction of sp³-hybridized carbons (Fsp3) is 0.143. The molecule has 0 unspecified atom stereocenters. The smallest absolute Gasteiger partial charge is 0.335 e. The molecule has 1 heterocycles. The average Bonchev–Trinajstić information content (AvgIpc) is 3.01. The molecule has 31 heavy (non-hydrogen) atoms. The molecule has 10 heteroatoms. The largest absolute Gasteiger partial charge is 0.484 e. The Morgan fingerprint density at radius 2 is 2.00 bits per heavy atom. The van der Waals surface area contributed by atoms with Gasteiger partial charge in [-0.25, -0.2) is 10.2 Å². The van der Waals surface area contributed by atoms with E-state index in [1.807, 2.05) is 19.1 Å². The predicted octanol–water partition coefficient (Wildman–Crippen LogP) is 3.15. The molecule has 2 aromatic carbocycles. The van der Waals surface area contributed by atoms with E-state index in [0.29, 0.717) is 16.2 Å². The molecule has 0 fully saturated rings. The number of hydrogen-bond donors (Lipinski definition) is 2. The maximum absolute atomic E-state index is 12.3. The third kappa shape index (κ3) is 6.03. The summed E-state index contributed by atoms with van der Waals surface area (Å²) in [6, 6.07) is 13.5. The number of amides is 1. The molecule has 0 radical (unpaired) electrons. The van der Waals surface area contributed by atoms with Crippen molar-refractivity contribution >= 4 is 41.0 Å². The van der Waals surface area contributed by atoms with Gasteiger partial charge in [-0.3, -0.25) is 14.2 Å². The third-order valence-electron chi connectivity index (χ3n) is 4.13. The number of hydrazone groups is 1. The van der Waals surface area contributed by atoms with Crippen molar-refractivity contribution in [3.05, 3.63) is 84.9 Å². The fourth-order valence-corrected chi connectivity index (χ4v) is 3.69. The molecule has 8 nitrogen and oxygen atoms in total. The molecule has 0 aliphatic heterocycles. The number of carbonyl (C=O) groups excluding carboxylic acids is 1. The second-order valence-electron chi connectivity index (χ2n) is 6.51. The van der Waals surface area contributed by atoms with Crippen molar-refractivity contribution in [2.24, 2.45) is 5.10 Å². The van der Waals surface area contributed by atoms with Crippen LogP contribution in [-0.2, 0) is 11.3 Å². The highest BCUT2D eigenvalue weighted by Crippen LogP contribution is 2.18. The van der Waals surface area contributed by atoms with Crippen LogP contribution < -0.4 is 15.0 Å². The summed E-state index contributed by atoms with van der Waals surface area (Å²) in [6.07, 6.45) is 1.28. The number of benzene rings is 2. The van der Waals surface area contributed by atoms with Crippen LogP contribution in [0, 0.1) is 6.92 Å². The fourth-order valence-electron chi connectivity index (χ4n) is 2.58. The van der Waals surface area contributed by atoms with Gasteiger partial charge in [0.25, 0.3) is 5.91 Å². The van der Waals surface area contributed by atoms with Crippen LogP contribution in [0.4, 0.5) is 0 Å². The van der Waals surface area contributed by atoms with Crippen LogP contribution in [0.2, 0.25) is 5.15 Å². The molecule has 3 rings (SSSR count). The van der Waals surface area contributed by atoms with Crippen LogP contribution in [0.15, 0.2) is 58.4 Å². The van der Waals surface area contributed by atoms with Crippen LogP contribution >= 0.6 is 22.9 Å². The van der Waals surface area contributed by atoms with Gasteiger partial charge in [0.05, 0.1) is 23.2 Å². The highest BCUT2D eigenvalue weighted by molar-refractivity contribution is 7.11. The van der Waals surface area contributed by atoms with Crippen LogP contribution in [0.1, 0.15) is 26.4 Å². The summed E-state index contributed by atoms with van der Waals surface area (Å²) in [5.41, 5.74) is 4.13. The van der Waals surface area contributed by atoms with E-state index in [4.69, 9.17) is 21.4 Å². The van der Waals surface area contributed by atoms with E-state index in [-0.39, 0.29) is 28.7 Å². The van der Waals surface area contributed by atoms with Gasteiger partial charge in [0.1, 0.15) is 10.9 Å². The minimum atomic E-state index is -1.06. The van der Waals surface area contributed by atoms with Gasteiger partial charge in [0.15, 0.2) is 6.61 Å². The Morgan fingerprint density at radius 1 is 1.26 bits per heavy atom. The Hall–Kier alpha value is -3.43. The van der Waals surface area contributed by atoms with Gasteiger partial charge in [-0.2, -0.15) is 5.10 Å². The number of thiazole rings is 1. The van der Waals surface area contributed by atoms with E-state index in [9.17, 15) is 14.4 Å². The molecule has 1 aromatic heterocycles. The lowest BCUT2D eigenvalue weighted by Crippen LogP contribution is -2.24. The number of rotatable bonds is 8. The number of hydrogen-bond acceptors (Lipinski definition) is 6. The SMILES string of the molecule is Cc1ccc(OCC(=O)N/N=C/c2sc(=O)n(Cc3cccc(C(=O)O)c3)c2Cl)cc1. The summed E-state index contributed by atoms with van der Waals surface area (Å²) < 4.78 is 6.66. The number of nitrogens with one attached hydrogen (secondary N) is 1. The first kappa shape index (κ1) is 22.3. The number of carboxylic acid groups (broad SMARTS) is 1. The van der Waals surface area contributed by atoms with Crippen molar-refractivity contribution < 1.29 is 19.4 Å². The quantitative estimate of drug-likeness (QED) is 0.397. The average molecular weight is 460 g/mol. The van der Waals surface area contributed by atoms with E-state index >= 15 is 0 Å². The first-order valence-electron chi connectivity index (χ1n) is 9.06. The zero-order valence-corrected chi connectivity index (χ0v) is 17.9. The molecular weight excluding hydrogens is 442 g/mol. The molecule has 160 valence electrons. The Labute approximate surface area is 186 Å². The summed E-state index contributed by atoms with van der Waals surface area (Å²) in [5, 5.41) is 13.1. The Morgan fingerprint density at radius 3 is 2.71 bits per heavy atom. The maximum atomic E-state index is 12.3. The van der Waals surface area contributed by atoms with Gasteiger partial charge >= 0.3 is 10.8 Å². The normalized spacial score (nSPS) is 10.9. The molecule has 3 aromatic rings. The summed E-state index contributed by atoms with van der Waals surface area (Å²) >= 11 is 7.14. The van der Waals surface area contributed by atoms with Gasteiger partial charge in [0, 0.05) is 0 Å². The minimum absolute atomic E-state index is 0.111. The van der Waals surface area contributed by atoms with E-state index in [0.717, 1.165) is 16.9 Å². The number of ether oxygens (including phenoxy) is 1. The maximum Gasteiger partial charge on any atom is 0.335 e. The molecule has 0 saturated carbocycles. The molecule has 2 N–H and O–H groups in total. The third-order valence-corrected chi connectivity index (χ3v) is 5.57. The molecule has 0 bridgehead atoms. The van der Waals surface area contributed by atoms with E-state index in [2.05, 4.69) is 10.5 Å². The van der Waals surface area contributed by atoms with Crippen LogP contribution in [-0.4, -0.2) is 34.4 Å². The molecule has 0 spiro atoms. The Kier molecular flexibility index (Phi) is 7.22. The minimum Gasteiger partial charge on any atom is -0.484 e. The van der Waals surface area contributed by atoms with E-state index < -0.39 is 11.9 Å². The van der Waals surface area contributed by atoms with Crippen LogP contribution in [0.3, 0.4) is 0 Å². The second kappa shape index (κ2) is 10.1. The molecule has 0 saturated heterocycles. The molecule has 0 aliphatic carbocycles. The highest BCUT2D eigenvalue weighted by atomic mass is 35.5. The van der Waals surface area contributed by atoms with Crippen LogP contribution in [0.5, 0.6) is 5.75 Å². The lowest BCUT2D eigenvalue weighted by molar-refractivity contribution is -0.123. The summed E-state index contributed by atoms with van der Waals surface area (Å²) in [5.74, 6) is -0.958. The molecular formula is C21H18ClN3O5S. The number of carbonyl (C=O) groups is 2. The van der Waals surface area contributed by atoms with Crippen LogP contribution in [0.25, 0.3) is 0 Å². The monoisotopic (exact) mass is 459 g/mol. The zero-order chi connectivity index (χ0) is 22.4. The predicted molar refractivity (Wildman–Crippen MR) is 119 cm³/mol. The van der Waals surface area contributed by atoms with Crippen molar-refractivity contribution in [2.75, 3.05) is 6.61 Å². The first-order valence-corrected chi connectivity index (χ1v) is 10.3. The summed E-state index contributed by atoms with van der Waals surface area (Å²) in [7, 11) is 0. The molecule has 0 atom stereocenters. The second-order valence-corrected chi connectivity index (χ2v) is 7.86. The number of carboxylic acids is 1. The number of halogens is 1. The number of nitrogens with zero attached hydrogens (tertiary/aromatic N) is 2. The number of aromatic carboxylic acids is 1. The van der Waals surface area contributed by atoms with Gasteiger partial charge < -0.3 is 9.84 Å². The van der Waals surface area contributed by atoms with E-state index in [1.54, 1.807) is 24.3 Å². The standard InChI is InChI=1S/C21H18ClN3O5S/c1-13-5-7-16(8-6-13)30-12-18(26)24-23-10-17-19(22)25(21(29)31-17)11-14-3-2-4-15(9-14)20(27)28/h2-10H,11-12H2,1H3,(H,24,26)(H,27,28)/b23-10+. The van der Waals surface area contributed by atoms with Crippen molar-refractivity contribution in [1.29, 1.82) is 0 Å². The van der Waals surface area contributed by atoms with E-state index in [1.165, 1.54) is 22.9 Å². The molecule has 0 aliphatic rings. The summed E-state index contributed by atoms with van der Waals surface area (Å²) in [4.78, 5) is 35.3.